The van der Waals surface area contributed by atoms with E-state index < -0.39 is 12.4 Å². The van der Waals surface area contributed by atoms with Gasteiger partial charge in [-0.3, -0.25) is 0 Å². The van der Waals surface area contributed by atoms with Crippen molar-refractivity contribution < 1.29 is 64.3 Å². The zero-order valence-electron chi connectivity index (χ0n) is 8.47. The van der Waals surface area contributed by atoms with E-state index in [2.05, 4.69) is 0 Å². The molecule has 6 heteroatoms. The van der Waals surface area contributed by atoms with Gasteiger partial charge in [0.05, 0.1) is 0 Å². The summed E-state index contributed by atoms with van der Waals surface area (Å²) in [7, 11) is 3.42. The van der Waals surface area contributed by atoms with Gasteiger partial charge < -0.3 is 17.8 Å². The van der Waals surface area contributed by atoms with Crippen LogP contribution >= 0.6 is 0 Å². The minimum absolute atomic E-state index is 0. The van der Waals surface area contributed by atoms with Crippen molar-refractivity contribution >= 4 is 18.1 Å². The number of anilines is 1. The predicted molar refractivity (Wildman–Crippen MR) is 49.5 cm³/mol. The molecule has 1 aromatic carbocycles. The van der Waals surface area contributed by atoms with E-state index in [4.69, 9.17) is 0 Å². The van der Waals surface area contributed by atoms with Crippen LogP contribution in [-0.2, 0) is 0 Å². The van der Waals surface area contributed by atoms with E-state index in [-0.39, 0.29) is 51.4 Å². The third kappa shape index (κ3) is 3.94. The first-order chi connectivity index (χ1) is 5.91. The van der Waals surface area contributed by atoms with Gasteiger partial charge in [-0.2, -0.15) is 0 Å². The zero-order chi connectivity index (χ0) is 10.1. The average Bonchev–Trinajstić information content (AvgIpc) is 2.03. The van der Waals surface area contributed by atoms with Gasteiger partial charge in [0.1, 0.15) is 0 Å². The molecule has 0 atom stereocenters. The monoisotopic (exact) mass is 227 g/mol. The topological polar surface area (TPSA) is 3.24 Å². The van der Waals surface area contributed by atoms with E-state index in [1.165, 1.54) is 6.07 Å². The SMILES string of the molecule is CN(C)c1cccc([B-](F)(F)F)c1.[K+]. The average molecular weight is 227 g/mol. The number of hydrogen-bond acceptors (Lipinski definition) is 1. The maximum atomic E-state index is 12.3. The van der Waals surface area contributed by atoms with Crippen LogP contribution in [0.2, 0.25) is 0 Å². The molecule has 0 fully saturated rings. The maximum absolute atomic E-state index is 12.3. The standard InChI is InChI=1S/C8H10BF3N.K/c1-13(2)8-5-3-4-7(6-8)9(10,11)12;/h3-6H,1-2H3;/q-1;+1. The van der Waals surface area contributed by atoms with Gasteiger partial charge in [-0.05, 0) is 6.07 Å². The molecule has 0 bridgehead atoms. The summed E-state index contributed by atoms with van der Waals surface area (Å²) in [5, 5.41) is 0. The van der Waals surface area contributed by atoms with Crippen LogP contribution in [-0.4, -0.2) is 21.1 Å². The summed E-state index contributed by atoms with van der Waals surface area (Å²) in [5.41, 5.74) is 0.0166. The van der Waals surface area contributed by atoms with Crippen LogP contribution in [0.25, 0.3) is 0 Å². The van der Waals surface area contributed by atoms with Gasteiger partial charge in [-0.25, -0.2) is 0 Å². The van der Waals surface area contributed by atoms with E-state index in [9.17, 15) is 12.9 Å². The van der Waals surface area contributed by atoms with Gasteiger partial charge in [0.2, 0.25) is 0 Å². The van der Waals surface area contributed by atoms with Crippen LogP contribution in [0, 0.1) is 0 Å². The molecule has 1 nitrogen and oxygen atoms in total. The second-order valence-corrected chi connectivity index (χ2v) is 3.06. The Kier molecular flexibility index (Phi) is 5.76. The summed E-state index contributed by atoms with van der Waals surface area (Å²) >= 11 is 0. The number of benzene rings is 1. The molecule has 72 valence electrons. The third-order valence-electron chi connectivity index (χ3n) is 1.76. The Morgan fingerprint density at radius 2 is 1.71 bits per heavy atom. The first-order valence-corrected chi connectivity index (χ1v) is 3.88. The minimum Gasteiger partial charge on any atom is -0.445 e. The van der Waals surface area contributed by atoms with E-state index in [0.717, 1.165) is 12.1 Å². The largest absolute Gasteiger partial charge is 1.00 e. The zero-order valence-corrected chi connectivity index (χ0v) is 11.6. The van der Waals surface area contributed by atoms with Gasteiger partial charge in [0.25, 0.3) is 0 Å². The minimum atomic E-state index is -4.88. The Bertz CT molecular complexity index is 301. The molecule has 0 aliphatic carbocycles. The fraction of sp³-hybridized carbons (Fsp3) is 0.250. The van der Waals surface area contributed by atoms with E-state index in [0.29, 0.717) is 5.69 Å². The van der Waals surface area contributed by atoms with E-state index >= 15 is 0 Å². The van der Waals surface area contributed by atoms with E-state index in [1.807, 2.05) is 0 Å². The Labute approximate surface area is 124 Å². The summed E-state index contributed by atoms with van der Waals surface area (Å²) in [4.78, 5) is 1.64. The Balaban J connectivity index is 0.00000169. The Morgan fingerprint density at radius 1 is 1.14 bits per heavy atom. The number of halogens is 3. The molecular weight excluding hydrogens is 217 g/mol. The molecule has 0 aromatic heterocycles. The predicted octanol–water partition coefficient (Wildman–Crippen LogP) is -1.19. The summed E-state index contributed by atoms with van der Waals surface area (Å²) < 4.78 is 36.8. The second kappa shape index (κ2) is 5.56. The van der Waals surface area contributed by atoms with Gasteiger partial charge in [0, 0.05) is 19.8 Å². The van der Waals surface area contributed by atoms with E-state index in [1.54, 1.807) is 25.1 Å². The van der Waals surface area contributed by atoms with Crippen molar-refractivity contribution in [2.24, 2.45) is 0 Å². The fourth-order valence-corrected chi connectivity index (χ4v) is 1.01. The van der Waals surface area contributed by atoms with Crippen molar-refractivity contribution in [2.75, 3.05) is 19.0 Å². The van der Waals surface area contributed by atoms with Crippen molar-refractivity contribution in [2.45, 2.75) is 0 Å². The van der Waals surface area contributed by atoms with Crippen LogP contribution in [0.3, 0.4) is 0 Å². The normalized spacial score (nSPS) is 10.6. The number of hydrogen-bond donors (Lipinski definition) is 0. The Hall–Kier alpha value is 0.511. The molecule has 0 spiro atoms. The number of nitrogens with zero attached hydrogens (tertiary/aromatic N) is 1. The van der Waals surface area contributed by atoms with Crippen LogP contribution in [0.15, 0.2) is 24.3 Å². The molecule has 0 heterocycles. The first kappa shape index (κ1) is 14.5. The molecule has 0 unspecified atom stereocenters. The molecule has 0 saturated heterocycles. The van der Waals surface area contributed by atoms with Gasteiger partial charge >= 0.3 is 58.4 Å². The Morgan fingerprint density at radius 3 is 2.14 bits per heavy atom. The molecule has 0 radical (unpaired) electrons. The van der Waals surface area contributed by atoms with Gasteiger partial charge in [0.15, 0.2) is 0 Å². The summed E-state index contributed by atoms with van der Waals surface area (Å²) in [6, 6.07) is 5.30. The quantitative estimate of drug-likeness (QED) is 0.574. The van der Waals surface area contributed by atoms with Crippen molar-refractivity contribution in [1.82, 2.24) is 0 Å². The summed E-state index contributed by atoms with van der Waals surface area (Å²) in [6.45, 7) is -4.88. The molecule has 1 aromatic rings. The molecule has 0 N–H and O–H groups in total. The van der Waals surface area contributed by atoms with Gasteiger partial charge in [-0.1, -0.05) is 18.2 Å². The number of rotatable bonds is 2. The summed E-state index contributed by atoms with van der Waals surface area (Å²) in [5.74, 6) is 0. The van der Waals surface area contributed by atoms with Crippen molar-refractivity contribution in [3.8, 4) is 0 Å². The van der Waals surface area contributed by atoms with Crippen molar-refractivity contribution in [3.63, 3.8) is 0 Å². The molecule has 0 saturated carbocycles. The van der Waals surface area contributed by atoms with Crippen LogP contribution in [0.5, 0.6) is 0 Å². The smallest absolute Gasteiger partial charge is 0.445 e. The third-order valence-corrected chi connectivity index (χ3v) is 1.76. The van der Waals surface area contributed by atoms with Crippen molar-refractivity contribution in [3.05, 3.63) is 24.3 Å². The molecule has 14 heavy (non-hydrogen) atoms. The van der Waals surface area contributed by atoms with Crippen molar-refractivity contribution in [1.29, 1.82) is 0 Å². The maximum Gasteiger partial charge on any atom is 1.00 e. The molecule has 0 aliphatic heterocycles. The molecular formula is C8H10BF3KN. The van der Waals surface area contributed by atoms with Crippen LogP contribution in [0.1, 0.15) is 0 Å². The summed E-state index contributed by atoms with van der Waals surface area (Å²) in [6.07, 6.45) is 0. The molecule has 0 amide bonds. The van der Waals surface area contributed by atoms with Crippen LogP contribution < -0.4 is 61.7 Å². The molecule has 1 rings (SSSR count). The van der Waals surface area contributed by atoms with Crippen LogP contribution in [0.4, 0.5) is 18.6 Å². The molecule has 0 aliphatic rings. The first-order valence-electron chi connectivity index (χ1n) is 3.88. The van der Waals surface area contributed by atoms with Gasteiger partial charge in [-0.15, -0.1) is 5.46 Å². The second-order valence-electron chi connectivity index (χ2n) is 3.06. The fourth-order valence-electron chi connectivity index (χ4n) is 1.01.